The van der Waals surface area contributed by atoms with Gasteiger partial charge < -0.3 is 29.2 Å². The lowest BCUT2D eigenvalue weighted by atomic mass is 9.95. The SMILES string of the molecule is CO[Si](CCCNCCN=C(NC1CCCCC1)NC1CCCCC1)(OC)OC. The highest BCUT2D eigenvalue weighted by Crippen LogP contribution is 2.19. The Morgan fingerprint density at radius 3 is 1.79 bits per heavy atom. The molecule has 170 valence electrons. The van der Waals surface area contributed by atoms with E-state index in [2.05, 4.69) is 16.0 Å². The molecule has 8 heteroatoms. The van der Waals surface area contributed by atoms with Crippen molar-refractivity contribution in [2.24, 2.45) is 4.99 Å². The molecule has 0 radical (unpaired) electrons. The van der Waals surface area contributed by atoms with Gasteiger partial charge in [-0.25, -0.2) is 0 Å². The van der Waals surface area contributed by atoms with Gasteiger partial charge in [0.15, 0.2) is 5.96 Å². The van der Waals surface area contributed by atoms with Crippen molar-refractivity contribution in [2.75, 3.05) is 41.0 Å². The minimum atomic E-state index is -2.44. The van der Waals surface area contributed by atoms with Crippen LogP contribution in [0.3, 0.4) is 0 Å². The number of guanidine groups is 1. The molecule has 0 aromatic rings. The molecule has 2 saturated carbocycles. The molecule has 0 aromatic heterocycles. The molecule has 0 aliphatic heterocycles. The van der Waals surface area contributed by atoms with E-state index in [1.54, 1.807) is 21.3 Å². The van der Waals surface area contributed by atoms with Crippen molar-refractivity contribution in [3.05, 3.63) is 0 Å². The van der Waals surface area contributed by atoms with Crippen molar-refractivity contribution in [3.8, 4) is 0 Å². The summed E-state index contributed by atoms with van der Waals surface area (Å²) in [5, 5.41) is 10.9. The fraction of sp³-hybridized carbons (Fsp3) is 0.952. The summed E-state index contributed by atoms with van der Waals surface area (Å²) in [5.74, 6) is 1.02. The maximum atomic E-state index is 5.47. The minimum absolute atomic E-state index is 0.585. The van der Waals surface area contributed by atoms with Gasteiger partial charge in [-0.2, -0.15) is 0 Å². The van der Waals surface area contributed by atoms with E-state index in [1.807, 2.05) is 0 Å². The summed E-state index contributed by atoms with van der Waals surface area (Å²) >= 11 is 0. The molecule has 0 spiro atoms. The first-order chi connectivity index (χ1) is 14.2. The molecule has 3 N–H and O–H groups in total. The lowest BCUT2D eigenvalue weighted by molar-refractivity contribution is 0.123. The number of hydrogen-bond acceptors (Lipinski definition) is 5. The highest BCUT2D eigenvalue weighted by Gasteiger charge is 2.36. The molecule has 0 aromatic carbocycles. The van der Waals surface area contributed by atoms with Gasteiger partial charge in [0.1, 0.15) is 0 Å². The Hall–Kier alpha value is -0.673. The summed E-state index contributed by atoms with van der Waals surface area (Å²) < 4.78 is 16.4. The molecular weight excluding hydrogens is 384 g/mol. The van der Waals surface area contributed by atoms with Crippen LogP contribution in [0.1, 0.15) is 70.6 Å². The first-order valence-corrected chi connectivity index (χ1v) is 13.6. The number of nitrogens with zero attached hydrogens (tertiary/aromatic N) is 1. The second-order valence-corrected chi connectivity index (χ2v) is 11.4. The number of rotatable bonds is 12. The van der Waals surface area contributed by atoms with Crippen molar-refractivity contribution in [3.63, 3.8) is 0 Å². The van der Waals surface area contributed by atoms with Crippen molar-refractivity contribution in [1.82, 2.24) is 16.0 Å². The molecule has 2 aliphatic carbocycles. The Labute approximate surface area is 179 Å². The standard InChI is InChI=1S/C21H44N4O3Si/c1-26-29(27-2,28-3)18-10-15-22-16-17-23-21(24-19-11-6-4-7-12-19)25-20-13-8-5-9-14-20/h19-20,22H,4-18H2,1-3H3,(H2,23,24,25). The molecule has 29 heavy (non-hydrogen) atoms. The molecule has 0 heterocycles. The summed E-state index contributed by atoms with van der Waals surface area (Å²) in [4.78, 5) is 4.87. The van der Waals surface area contributed by atoms with Crippen LogP contribution >= 0.6 is 0 Å². The van der Waals surface area contributed by atoms with Crippen molar-refractivity contribution >= 4 is 14.8 Å². The van der Waals surface area contributed by atoms with Gasteiger partial charge in [0.2, 0.25) is 0 Å². The average Bonchev–Trinajstić information content (AvgIpc) is 2.77. The maximum absolute atomic E-state index is 5.47. The Bertz CT molecular complexity index is 421. The fourth-order valence-corrected chi connectivity index (χ4v) is 6.09. The Morgan fingerprint density at radius 2 is 1.31 bits per heavy atom. The second-order valence-electron chi connectivity index (χ2n) is 8.34. The van der Waals surface area contributed by atoms with Gasteiger partial charge in [0.05, 0.1) is 6.54 Å². The molecule has 2 fully saturated rings. The number of aliphatic imine (C=N–C) groups is 1. The van der Waals surface area contributed by atoms with Gasteiger partial charge in [-0.05, 0) is 38.6 Å². The van der Waals surface area contributed by atoms with Crippen LogP contribution in [0.4, 0.5) is 0 Å². The monoisotopic (exact) mass is 428 g/mol. The summed E-state index contributed by atoms with van der Waals surface area (Å²) in [6.07, 6.45) is 14.2. The van der Waals surface area contributed by atoms with E-state index in [0.717, 1.165) is 38.1 Å². The van der Waals surface area contributed by atoms with E-state index in [9.17, 15) is 0 Å². The Morgan fingerprint density at radius 1 is 0.793 bits per heavy atom. The van der Waals surface area contributed by atoms with Crippen LogP contribution in [0.25, 0.3) is 0 Å². The van der Waals surface area contributed by atoms with Crippen molar-refractivity contribution < 1.29 is 13.3 Å². The first-order valence-electron chi connectivity index (χ1n) is 11.6. The Balaban J connectivity index is 1.71. The van der Waals surface area contributed by atoms with E-state index in [-0.39, 0.29) is 0 Å². The molecule has 0 atom stereocenters. The predicted octanol–water partition coefficient (Wildman–Crippen LogP) is 3.04. The zero-order valence-corrected chi connectivity index (χ0v) is 19.9. The molecular formula is C21H44N4O3Si. The van der Waals surface area contributed by atoms with E-state index >= 15 is 0 Å². The second kappa shape index (κ2) is 14.4. The third-order valence-corrected chi connectivity index (χ3v) is 9.05. The maximum Gasteiger partial charge on any atom is 0.500 e. The zero-order chi connectivity index (χ0) is 20.8. The van der Waals surface area contributed by atoms with Gasteiger partial charge in [-0.1, -0.05) is 38.5 Å². The molecule has 2 rings (SSSR count). The van der Waals surface area contributed by atoms with Crippen LogP contribution in [0.2, 0.25) is 6.04 Å². The van der Waals surface area contributed by atoms with E-state index in [0.29, 0.717) is 12.1 Å². The number of hydrogen-bond donors (Lipinski definition) is 3. The third kappa shape index (κ3) is 9.34. The summed E-state index contributed by atoms with van der Waals surface area (Å²) in [7, 11) is 2.56. The van der Waals surface area contributed by atoms with E-state index in [4.69, 9.17) is 18.3 Å². The van der Waals surface area contributed by atoms with E-state index in [1.165, 1.54) is 64.2 Å². The largest absolute Gasteiger partial charge is 0.500 e. The van der Waals surface area contributed by atoms with Gasteiger partial charge in [-0.3, -0.25) is 4.99 Å². The molecule has 0 unspecified atom stereocenters. The van der Waals surface area contributed by atoms with Crippen LogP contribution < -0.4 is 16.0 Å². The summed E-state index contributed by atoms with van der Waals surface area (Å²) in [6, 6.07) is 1.99. The average molecular weight is 429 g/mol. The van der Waals surface area contributed by atoms with Gasteiger partial charge in [0, 0.05) is 46.0 Å². The van der Waals surface area contributed by atoms with Crippen LogP contribution in [0, 0.1) is 0 Å². The van der Waals surface area contributed by atoms with Gasteiger partial charge in [-0.15, -0.1) is 0 Å². The zero-order valence-electron chi connectivity index (χ0n) is 18.9. The van der Waals surface area contributed by atoms with Crippen LogP contribution in [-0.4, -0.2) is 67.8 Å². The first kappa shape index (κ1) is 24.6. The topological polar surface area (TPSA) is 76.1 Å². The normalized spacial score (nSPS) is 19.1. The van der Waals surface area contributed by atoms with Gasteiger partial charge >= 0.3 is 8.80 Å². The predicted molar refractivity (Wildman–Crippen MR) is 121 cm³/mol. The molecule has 7 nitrogen and oxygen atoms in total. The van der Waals surface area contributed by atoms with Gasteiger partial charge in [0.25, 0.3) is 0 Å². The summed E-state index contributed by atoms with van der Waals surface area (Å²) in [6.45, 7) is 2.58. The highest BCUT2D eigenvalue weighted by molar-refractivity contribution is 6.60. The van der Waals surface area contributed by atoms with Crippen LogP contribution in [0.15, 0.2) is 4.99 Å². The quantitative estimate of drug-likeness (QED) is 0.192. The van der Waals surface area contributed by atoms with Crippen LogP contribution in [-0.2, 0) is 13.3 Å². The third-order valence-electron chi connectivity index (χ3n) is 6.22. The minimum Gasteiger partial charge on any atom is -0.377 e. The lowest BCUT2D eigenvalue weighted by Gasteiger charge is -2.29. The lowest BCUT2D eigenvalue weighted by Crippen LogP contribution is -2.48. The fourth-order valence-electron chi connectivity index (χ4n) is 4.37. The molecule has 0 bridgehead atoms. The smallest absolute Gasteiger partial charge is 0.377 e. The molecule has 2 aliphatic rings. The highest BCUT2D eigenvalue weighted by atomic mass is 28.4. The Kier molecular flexibility index (Phi) is 12.2. The van der Waals surface area contributed by atoms with Crippen LogP contribution in [0.5, 0.6) is 0 Å². The number of nitrogens with one attached hydrogen (secondary N) is 3. The van der Waals surface area contributed by atoms with E-state index < -0.39 is 8.80 Å². The van der Waals surface area contributed by atoms with Crippen molar-refractivity contribution in [1.29, 1.82) is 0 Å². The summed E-state index contributed by atoms with van der Waals surface area (Å²) in [5.41, 5.74) is 0. The van der Waals surface area contributed by atoms with Crippen molar-refractivity contribution in [2.45, 2.75) is 88.8 Å². The molecule has 0 amide bonds. The molecule has 0 saturated heterocycles.